The monoisotopic (exact) mass is 390 g/mol. The van der Waals surface area contributed by atoms with Crippen LogP contribution >= 0.6 is 15.9 Å². The van der Waals surface area contributed by atoms with Gasteiger partial charge in [-0.25, -0.2) is 8.42 Å². The molecule has 0 aromatic heterocycles. The van der Waals surface area contributed by atoms with Crippen molar-refractivity contribution in [3.05, 3.63) is 28.7 Å². The van der Waals surface area contributed by atoms with Crippen molar-refractivity contribution in [3.63, 3.8) is 0 Å². The van der Waals surface area contributed by atoms with Gasteiger partial charge in [-0.3, -0.25) is 9.10 Å². The molecule has 1 heterocycles. The Bertz CT molecular complexity index is 629. The molecule has 1 aromatic carbocycles. The molecule has 6 nitrogen and oxygen atoms in total. The van der Waals surface area contributed by atoms with Crippen LogP contribution in [-0.2, 0) is 19.6 Å². The average molecular weight is 391 g/mol. The van der Waals surface area contributed by atoms with Crippen molar-refractivity contribution in [2.45, 2.75) is 18.9 Å². The van der Waals surface area contributed by atoms with Crippen LogP contribution in [-0.4, -0.2) is 46.4 Å². The van der Waals surface area contributed by atoms with E-state index < -0.39 is 10.0 Å². The second-order valence-electron chi connectivity index (χ2n) is 5.19. The van der Waals surface area contributed by atoms with Gasteiger partial charge in [0.25, 0.3) is 0 Å². The van der Waals surface area contributed by atoms with Gasteiger partial charge in [0.15, 0.2) is 0 Å². The third-order valence-electron chi connectivity index (χ3n) is 3.33. The summed E-state index contributed by atoms with van der Waals surface area (Å²) in [6.07, 6.45) is 3.03. The van der Waals surface area contributed by atoms with Crippen molar-refractivity contribution in [2.75, 3.05) is 30.3 Å². The van der Waals surface area contributed by atoms with Gasteiger partial charge in [-0.15, -0.1) is 0 Å². The van der Waals surface area contributed by atoms with Crippen LogP contribution in [0.4, 0.5) is 5.69 Å². The van der Waals surface area contributed by atoms with E-state index in [1.165, 1.54) is 0 Å². The van der Waals surface area contributed by atoms with Crippen molar-refractivity contribution < 1.29 is 17.9 Å². The zero-order valence-corrected chi connectivity index (χ0v) is 14.7. The number of nitrogens with zero attached hydrogens (tertiary/aromatic N) is 1. The third-order valence-corrected chi connectivity index (χ3v) is 4.97. The molecule has 1 saturated heterocycles. The molecule has 0 bridgehead atoms. The van der Waals surface area contributed by atoms with E-state index in [4.69, 9.17) is 4.74 Å². The van der Waals surface area contributed by atoms with Crippen LogP contribution in [0.2, 0.25) is 0 Å². The van der Waals surface area contributed by atoms with Gasteiger partial charge in [0.05, 0.1) is 18.0 Å². The molecule has 122 valence electrons. The number of amides is 1. The van der Waals surface area contributed by atoms with Gasteiger partial charge >= 0.3 is 0 Å². The summed E-state index contributed by atoms with van der Waals surface area (Å²) in [5.41, 5.74) is 0.448. The molecule has 0 radical (unpaired) electrons. The standard InChI is InChI=1S/C14H19BrN2O4S/c1-22(19,20)17(12-5-2-4-11(15)8-12)10-14(18)16-9-13-6-3-7-21-13/h2,4-5,8,13H,3,6-7,9-10H2,1H3,(H,16,18)/t13-/m1/s1. The fourth-order valence-electron chi connectivity index (χ4n) is 2.25. The van der Waals surface area contributed by atoms with Crippen molar-refractivity contribution in [1.29, 1.82) is 0 Å². The number of carbonyl (C=O) groups is 1. The molecule has 1 aliphatic heterocycles. The molecule has 1 atom stereocenters. The zero-order valence-electron chi connectivity index (χ0n) is 12.3. The van der Waals surface area contributed by atoms with E-state index in [1.807, 2.05) is 0 Å². The highest BCUT2D eigenvalue weighted by molar-refractivity contribution is 9.10. The molecule has 1 aromatic rings. The summed E-state index contributed by atoms with van der Waals surface area (Å²) >= 11 is 3.30. The van der Waals surface area contributed by atoms with E-state index in [-0.39, 0.29) is 18.6 Å². The lowest BCUT2D eigenvalue weighted by atomic mass is 10.2. The van der Waals surface area contributed by atoms with Crippen LogP contribution in [0.15, 0.2) is 28.7 Å². The van der Waals surface area contributed by atoms with Crippen molar-refractivity contribution in [1.82, 2.24) is 5.32 Å². The molecule has 0 aliphatic carbocycles. The Labute approximate surface area is 139 Å². The first-order chi connectivity index (χ1) is 10.4. The van der Waals surface area contributed by atoms with Gasteiger partial charge in [0.1, 0.15) is 6.54 Å². The number of rotatable bonds is 6. The van der Waals surface area contributed by atoms with Gasteiger partial charge in [-0.1, -0.05) is 22.0 Å². The Hall–Kier alpha value is -1.12. The Morgan fingerprint density at radius 2 is 2.27 bits per heavy atom. The summed E-state index contributed by atoms with van der Waals surface area (Å²) in [6, 6.07) is 6.83. The van der Waals surface area contributed by atoms with Gasteiger partial charge in [0.2, 0.25) is 15.9 Å². The molecule has 0 spiro atoms. The first kappa shape index (κ1) is 17.2. The topological polar surface area (TPSA) is 75.7 Å². The highest BCUT2D eigenvalue weighted by Gasteiger charge is 2.22. The number of sulfonamides is 1. The summed E-state index contributed by atoms with van der Waals surface area (Å²) in [5.74, 6) is -0.346. The third kappa shape index (κ3) is 4.96. The maximum absolute atomic E-state index is 12.0. The lowest BCUT2D eigenvalue weighted by molar-refractivity contribution is -0.120. The highest BCUT2D eigenvalue weighted by Crippen LogP contribution is 2.21. The average Bonchev–Trinajstić information content (AvgIpc) is 2.94. The van der Waals surface area contributed by atoms with E-state index >= 15 is 0 Å². The molecule has 1 fully saturated rings. The van der Waals surface area contributed by atoms with Crippen LogP contribution in [0.25, 0.3) is 0 Å². The largest absolute Gasteiger partial charge is 0.376 e. The number of hydrogen-bond acceptors (Lipinski definition) is 4. The minimum atomic E-state index is -3.55. The minimum Gasteiger partial charge on any atom is -0.376 e. The maximum Gasteiger partial charge on any atom is 0.240 e. The zero-order chi connectivity index (χ0) is 16.2. The number of ether oxygens (including phenoxy) is 1. The number of nitrogens with one attached hydrogen (secondary N) is 1. The van der Waals surface area contributed by atoms with Gasteiger partial charge in [0, 0.05) is 17.6 Å². The second-order valence-corrected chi connectivity index (χ2v) is 8.01. The van der Waals surface area contributed by atoms with Crippen LogP contribution in [0, 0.1) is 0 Å². The van der Waals surface area contributed by atoms with Crippen LogP contribution in [0.5, 0.6) is 0 Å². The highest BCUT2D eigenvalue weighted by atomic mass is 79.9. The molecular formula is C14H19BrN2O4S. The molecule has 1 aliphatic rings. The Kier molecular flexibility index (Phi) is 5.82. The van der Waals surface area contributed by atoms with Crippen LogP contribution < -0.4 is 9.62 Å². The van der Waals surface area contributed by atoms with Crippen LogP contribution in [0.1, 0.15) is 12.8 Å². The fraction of sp³-hybridized carbons (Fsp3) is 0.500. The van der Waals surface area contributed by atoms with E-state index in [0.29, 0.717) is 18.8 Å². The van der Waals surface area contributed by atoms with E-state index in [2.05, 4.69) is 21.2 Å². The number of benzene rings is 1. The molecule has 1 amide bonds. The Morgan fingerprint density at radius 1 is 1.50 bits per heavy atom. The van der Waals surface area contributed by atoms with Gasteiger partial charge in [-0.2, -0.15) is 0 Å². The summed E-state index contributed by atoms with van der Waals surface area (Å²) < 4.78 is 31.1. The molecule has 0 unspecified atom stereocenters. The van der Waals surface area contributed by atoms with Crippen molar-refractivity contribution >= 4 is 37.5 Å². The Balaban J connectivity index is 2.02. The molecule has 2 rings (SSSR count). The molecule has 1 N–H and O–H groups in total. The van der Waals surface area contributed by atoms with E-state index in [9.17, 15) is 13.2 Å². The number of halogens is 1. The minimum absolute atomic E-state index is 0.0292. The van der Waals surface area contributed by atoms with Crippen molar-refractivity contribution in [3.8, 4) is 0 Å². The van der Waals surface area contributed by atoms with Crippen LogP contribution in [0.3, 0.4) is 0 Å². The second kappa shape index (κ2) is 7.43. The van der Waals surface area contributed by atoms with Crippen molar-refractivity contribution in [2.24, 2.45) is 0 Å². The predicted molar refractivity (Wildman–Crippen MR) is 88.3 cm³/mol. The quantitative estimate of drug-likeness (QED) is 0.798. The maximum atomic E-state index is 12.0. The summed E-state index contributed by atoms with van der Waals surface area (Å²) in [6.45, 7) is 0.880. The SMILES string of the molecule is CS(=O)(=O)N(CC(=O)NC[C@H]1CCCO1)c1cccc(Br)c1. The predicted octanol–water partition coefficient (Wildman–Crippen LogP) is 1.51. The molecular weight excluding hydrogens is 372 g/mol. The number of anilines is 1. The first-order valence-corrected chi connectivity index (χ1v) is 9.62. The fourth-order valence-corrected chi connectivity index (χ4v) is 3.49. The normalized spacial score (nSPS) is 18.2. The van der Waals surface area contributed by atoms with E-state index in [0.717, 1.165) is 27.9 Å². The molecule has 22 heavy (non-hydrogen) atoms. The van der Waals surface area contributed by atoms with E-state index in [1.54, 1.807) is 24.3 Å². The molecule has 8 heteroatoms. The smallest absolute Gasteiger partial charge is 0.240 e. The summed E-state index contributed by atoms with van der Waals surface area (Å²) in [4.78, 5) is 12.0. The molecule has 0 saturated carbocycles. The van der Waals surface area contributed by atoms with Gasteiger partial charge < -0.3 is 10.1 Å². The number of hydrogen-bond donors (Lipinski definition) is 1. The lowest BCUT2D eigenvalue weighted by Gasteiger charge is -2.22. The summed E-state index contributed by atoms with van der Waals surface area (Å²) in [5, 5.41) is 2.73. The summed E-state index contributed by atoms with van der Waals surface area (Å²) in [7, 11) is -3.55. The first-order valence-electron chi connectivity index (χ1n) is 6.98. The number of carbonyl (C=O) groups excluding carboxylic acids is 1. The van der Waals surface area contributed by atoms with Gasteiger partial charge in [-0.05, 0) is 31.0 Å². The lowest BCUT2D eigenvalue weighted by Crippen LogP contribution is -2.42. The Morgan fingerprint density at radius 3 is 2.86 bits per heavy atom.